The van der Waals surface area contributed by atoms with Crippen molar-refractivity contribution in [2.75, 3.05) is 0 Å². The van der Waals surface area contributed by atoms with Crippen LogP contribution >= 0.6 is 0 Å². The van der Waals surface area contributed by atoms with Crippen LogP contribution in [0.25, 0.3) is 22.1 Å². The smallest absolute Gasteiger partial charge is 0.294 e. The Morgan fingerprint density at radius 1 is 0.947 bits per heavy atom. The van der Waals surface area contributed by atoms with E-state index in [0.29, 0.717) is 10.9 Å². The van der Waals surface area contributed by atoms with Gasteiger partial charge in [-0.2, -0.15) is 0 Å². The Labute approximate surface area is 108 Å². The highest BCUT2D eigenvalue weighted by molar-refractivity contribution is 5.84. The van der Waals surface area contributed by atoms with Gasteiger partial charge in [0.25, 0.3) is 5.95 Å². The minimum Gasteiger partial charge on any atom is -0.508 e. The highest BCUT2D eigenvalue weighted by atomic mass is 16.5. The van der Waals surface area contributed by atoms with E-state index < -0.39 is 5.95 Å². The summed E-state index contributed by atoms with van der Waals surface area (Å²) in [6, 6.07) is 13.0. The van der Waals surface area contributed by atoms with Gasteiger partial charge in [-0.05, 0) is 17.7 Å². The number of phenols is 1. The molecule has 0 saturated heterocycles. The quantitative estimate of drug-likeness (QED) is 0.700. The third kappa shape index (κ3) is 1.83. The predicted octanol–water partition coefficient (Wildman–Crippen LogP) is 2.87. The van der Waals surface area contributed by atoms with Crippen molar-refractivity contribution in [2.45, 2.75) is 0 Å². The number of phenolic OH excluding ortho intramolecular Hbond substituents is 1. The van der Waals surface area contributed by atoms with Crippen LogP contribution < -0.4 is 5.43 Å². The average molecular weight is 254 g/mol. The van der Waals surface area contributed by atoms with E-state index in [0.717, 1.165) is 0 Å². The van der Waals surface area contributed by atoms with Crippen LogP contribution in [0.5, 0.6) is 11.7 Å². The minimum atomic E-state index is -0.450. The number of rotatable bonds is 1. The van der Waals surface area contributed by atoms with Crippen LogP contribution in [0.15, 0.2) is 57.7 Å². The van der Waals surface area contributed by atoms with E-state index in [9.17, 15) is 15.0 Å². The Balaban J connectivity index is 2.39. The largest absolute Gasteiger partial charge is 0.508 e. The monoisotopic (exact) mass is 254 g/mol. The first-order chi connectivity index (χ1) is 9.16. The van der Waals surface area contributed by atoms with Gasteiger partial charge in [-0.3, -0.25) is 4.79 Å². The van der Waals surface area contributed by atoms with E-state index in [-0.39, 0.29) is 22.3 Å². The molecule has 0 amide bonds. The first kappa shape index (κ1) is 11.3. The van der Waals surface area contributed by atoms with Crippen molar-refractivity contribution in [3.8, 4) is 22.8 Å². The molecule has 0 aliphatic carbocycles. The minimum absolute atomic E-state index is 0.0255. The normalized spacial score (nSPS) is 10.7. The van der Waals surface area contributed by atoms with Gasteiger partial charge in [0.15, 0.2) is 0 Å². The SMILES string of the molecule is O=c1c(-c2ccccc2)c(O)oc2cc(O)ccc12. The summed E-state index contributed by atoms with van der Waals surface area (Å²) in [5.74, 6) is -0.475. The molecule has 0 spiro atoms. The van der Waals surface area contributed by atoms with Crippen molar-refractivity contribution in [1.29, 1.82) is 0 Å². The third-order valence-electron chi connectivity index (χ3n) is 2.92. The second-order valence-electron chi connectivity index (χ2n) is 4.16. The van der Waals surface area contributed by atoms with Crippen molar-refractivity contribution < 1.29 is 14.6 Å². The summed E-state index contributed by atoms with van der Waals surface area (Å²) in [6.45, 7) is 0. The maximum atomic E-state index is 12.4. The van der Waals surface area contributed by atoms with Crippen molar-refractivity contribution >= 4 is 11.0 Å². The number of hydrogen-bond donors (Lipinski definition) is 2. The Morgan fingerprint density at radius 2 is 1.68 bits per heavy atom. The standard InChI is InChI=1S/C15H10O4/c16-10-6-7-11-12(8-10)19-15(18)13(14(11)17)9-4-2-1-3-5-9/h1-8,16,18H. The fourth-order valence-corrected chi connectivity index (χ4v) is 2.03. The molecule has 0 radical (unpaired) electrons. The Kier molecular flexibility index (Phi) is 2.49. The molecule has 4 heteroatoms. The molecule has 0 unspecified atom stereocenters. The van der Waals surface area contributed by atoms with Gasteiger partial charge in [-0.1, -0.05) is 30.3 Å². The molecule has 1 heterocycles. The van der Waals surface area contributed by atoms with E-state index in [1.165, 1.54) is 18.2 Å². The van der Waals surface area contributed by atoms with Gasteiger partial charge < -0.3 is 14.6 Å². The van der Waals surface area contributed by atoms with E-state index in [2.05, 4.69) is 0 Å². The Hall–Kier alpha value is -2.75. The van der Waals surface area contributed by atoms with Crippen LogP contribution in [-0.2, 0) is 0 Å². The molecule has 3 aromatic rings. The molecule has 0 fully saturated rings. The lowest BCUT2D eigenvalue weighted by atomic mass is 10.1. The van der Waals surface area contributed by atoms with Crippen LogP contribution in [0.1, 0.15) is 0 Å². The second-order valence-corrected chi connectivity index (χ2v) is 4.16. The van der Waals surface area contributed by atoms with Gasteiger partial charge in [-0.15, -0.1) is 0 Å². The Morgan fingerprint density at radius 3 is 2.42 bits per heavy atom. The molecule has 2 aromatic carbocycles. The Bertz CT molecular complexity index is 803. The topological polar surface area (TPSA) is 70.7 Å². The second kappa shape index (κ2) is 4.17. The van der Waals surface area contributed by atoms with E-state index in [1.54, 1.807) is 24.3 Å². The van der Waals surface area contributed by atoms with Gasteiger partial charge >= 0.3 is 0 Å². The molecule has 2 N–H and O–H groups in total. The summed E-state index contributed by atoms with van der Waals surface area (Å²) in [5, 5.41) is 19.6. The summed E-state index contributed by atoms with van der Waals surface area (Å²) >= 11 is 0. The highest BCUT2D eigenvalue weighted by Gasteiger charge is 2.15. The molecule has 3 rings (SSSR count). The van der Waals surface area contributed by atoms with Gasteiger partial charge in [0.05, 0.1) is 5.39 Å². The van der Waals surface area contributed by atoms with Gasteiger partial charge in [-0.25, -0.2) is 0 Å². The molecule has 0 bridgehead atoms. The molecular formula is C15H10O4. The molecule has 0 aliphatic heterocycles. The van der Waals surface area contributed by atoms with Crippen LogP contribution in [0.3, 0.4) is 0 Å². The van der Waals surface area contributed by atoms with Gasteiger partial charge in [0.1, 0.15) is 16.9 Å². The van der Waals surface area contributed by atoms with E-state index in [4.69, 9.17) is 4.42 Å². The molecule has 0 saturated carbocycles. The maximum Gasteiger partial charge on any atom is 0.294 e. The zero-order valence-corrected chi connectivity index (χ0v) is 9.83. The fraction of sp³-hybridized carbons (Fsp3) is 0. The van der Waals surface area contributed by atoms with Crippen molar-refractivity contribution in [1.82, 2.24) is 0 Å². The molecule has 0 aliphatic rings. The number of fused-ring (bicyclic) bond motifs is 1. The highest BCUT2D eigenvalue weighted by Crippen LogP contribution is 2.30. The molecule has 0 atom stereocenters. The first-order valence-electron chi connectivity index (χ1n) is 5.71. The molecule has 19 heavy (non-hydrogen) atoms. The van der Waals surface area contributed by atoms with Gasteiger partial charge in [0, 0.05) is 6.07 Å². The van der Waals surface area contributed by atoms with Crippen molar-refractivity contribution in [3.63, 3.8) is 0 Å². The first-order valence-corrected chi connectivity index (χ1v) is 5.71. The lowest BCUT2D eigenvalue weighted by Crippen LogP contribution is -2.05. The molecule has 4 nitrogen and oxygen atoms in total. The zero-order chi connectivity index (χ0) is 13.4. The number of hydrogen-bond acceptors (Lipinski definition) is 4. The summed E-state index contributed by atoms with van der Waals surface area (Å²) in [5.41, 5.74) is 0.537. The maximum absolute atomic E-state index is 12.4. The van der Waals surface area contributed by atoms with E-state index in [1.807, 2.05) is 6.07 Å². The summed E-state index contributed by atoms with van der Waals surface area (Å²) in [4.78, 5) is 12.4. The summed E-state index contributed by atoms with van der Waals surface area (Å²) < 4.78 is 5.20. The fourth-order valence-electron chi connectivity index (χ4n) is 2.03. The third-order valence-corrected chi connectivity index (χ3v) is 2.92. The van der Waals surface area contributed by atoms with Crippen LogP contribution in [0, 0.1) is 0 Å². The number of benzene rings is 2. The average Bonchev–Trinajstić information content (AvgIpc) is 2.39. The van der Waals surface area contributed by atoms with Crippen LogP contribution in [-0.4, -0.2) is 10.2 Å². The summed E-state index contributed by atoms with van der Waals surface area (Å²) in [7, 11) is 0. The van der Waals surface area contributed by atoms with Crippen molar-refractivity contribution in [2.24, 2.45) is 0 Å². The molecule has 94 valence electrons. The zero-order valence-electron chi connectivity index (χ0n) is 9.83. The van der Waals surface area contributed by atoms with Crippen molar-refractivity contribution in [3.05, 3.63) is 58.8 Å². The number of aromatic hydroxyl groups is 2. The predicted molar refractivity (Wildman–Crippen MR) is 71.2 cm³/mol. The van der Waals surface area contributed by atoms with Gasteiger partial charge in [0.2, 0.25) is 5.43 Å². The summed E-state index contributed by atoms with van der Waals surface area (Å²) in [6.07, 6.45) is 0. The van der Waals surface area contributed by atoms with Crippen LogP contribution in [0.2, 0.25) is 0 Å². The molecule has 1 aromatic heterocycles. The lowest BCUT2D eigenvalue weighted by Gasteiger charge is -2.05. The van der Waals surface area contributed by atoms with Crippen LogP contribution in [0.4, 0.5) is 0 Å². The lowest BCUT2D eigenvalue weighted by molar-refractivity contribution is 0.341. The molecular weight excluding hydrogens is 244 g/mol. The van der Waals surface area contributed by atoms with E-state index >= 15 is 0 Å².